The van der Waals surface area contributed by atoms with Gasteiger partial charge in [0.15, 0.2) is 5.13 Å². The van der Waals surface area contributed by atoms with Crippen molar-refractivity contribution in [1.82, 2.24) is 15.2 Å². The number of hydrogen-bond donors (Lipinski definition) is 1. The second-order valence-electron chi connectivity index (χ2n) is 5.91. The van der Waals surface area contributed by atoms with Crippen LogP contribution in [0.4, 0.5) is 9.93 Å². The fraction of sp³-hybridized carbons (Fsp3) is 0.733. The number of hydrogen-bond acceptors (Lipinski definition) is 5. The molecule has 0 aliphatic carbocycles. The van der Waals surface area contributed by atoms with Gasteiger partial charge in [-0.15, -0.1) is 11.3 Å². The number of nitrogens with zero attached hydrogens (tertiary/aromatic N) is 3. The van der Waals surface area contributed by atoms with Crippen molar-refractivity contribution in [3.63, 3.8) is 0 Å². The lowest BCUT2D eigenvalue weighted by Gasteiger charge is -2.33. The molecule has 3 rings (SSSR count). The van der Waals surface area contributed by atoms with E-state index < -0.39 is 0 Å². The molecule has 2 amide bonds. The number of aromatic nitrogens is 1. The highest BCUT2D eigenvalue weighted by Gasteiger charge is 2.23. The predicted molar refractivity (Wildman–Crippen MR) is 87.7 cm³/mol. The Labute approximate surface area is 135 Å². The van der Waals surface area contributed by atoms with E-state index in [-0.39, 0.29) is 12.1 Å². The Morgan fingerprint density at radius 1 is 1.45 bits per heavy atom. The molecule has 2 fully saturated rings. The number of amides is 2. The zero-order valence-electron chi connectivity index (χ0n) is 13.1. The Bertz CT molecular complexity index is 501. The fourth-order valence-electron chi connectivity index (χ4n) is 2.89. The molecule has 0 aromatic carbocycles. The first-order chi connectivity index (χ1) is 10.7. The summed E-state index contributed by atoms with van der Waals surface area (Å²) in [4.78, 5) is 21.0. The van der Waals surface area contributed by atoms with E-state index in [2.05, 4.69) is 20.6 Å². The molecule has 122 valence electrons. The van der Waals surface area contributed by atoms with E-state index in [9.17, 15) is 4.79 Å². The van der Waals surface area contributed by atoms with E-state index in [1.165, 1.54) is 12.8 Å². The summed E-state index contributed by atoms with van der Waals surface area (Å²) in [7, 11) is 0. The number of nitrogens with one attached hydrogen (secondary N) is 1. The summed E-state index contributed by atoms with van der Waals surface area (Å²) >= 11 is 1.71. The van der Waals surface area contributed by atoms with E-state index >= 15 is 0 Å². The van der Waals surface area contributed by atoms with Crippen LogP contribution in [-0.2, 0) is 11.2 Å². The molecule has 7 heteroatoms. The lowest BCUT2D eigenvalue weighted by Crippen LogP contribution is -2.51. The lowest BCUT2D eigenvalue weighted by molar-refractivity contribution is 0.0191. The molecule has 2 aliphatic heterocycles. The van der Waals surface area contributed by atoms with Gasteiger partial charge in [0, 0.05) is 38.0 Å². The van der Waals surface area contributed by atoms with Gasteiger partial charge in [-0.05, 0) is 19.8 Å². The van der Waals surface area contributed by atoms with Gasteiger partial charge < -0.3 is 19.9 Å². The van der Waals surface area contributed by atoms with E-state index in [0.717, 1.165) is 30.3 Å². The van der Waals surface area contributed by atoms with Crippen LogP contribution in [0.3, 0.4) is 0 Å². The van der Waals surface area contributed by atoms with Gasteiger partial charge in [0.25, 0.3) is 0 Å². The minimum Gasteiger partial charge on any atom is -0.377 e. The van der Waals surface area contributed by atoms with Crippen molar-refractivity contribution in [1.29, 1.82) is 0 Å². The molecule has 0 bridgehead atoms. The number of carbonyl (C=O) groups excluding carboxylic acids is 1. The second-order valence-corrected chi connectivity index (χ2v) is 6.75. The predicted octanol–water partition coefficient (Wildman–Crippen LogP) is 1.72. The van der Waals surface area contributed by atoms with Crippen molar-refractivity contribution >= 4 is 22.5 Å². The first-order valence-corrected chi connectivity index (χ1v) is 8.93. The van der Waals surface area contributed by atoms with Gasteiger partial charge in [-0.3, -0.25) is 0 Å². The van der Waals surface area contributed by atoms with Crippen molar-refractivity contribution in [3.8, 4) is 0 Å². The summed E-state index contributed by atoms with van der Waals surface area (Å²) in [6.45, 7) is 6.81. The maximum atomic E-state index is 12.1. The summed E-state index contributed by atoms with van der Waals surface area (Å²) in [5.74, 6) is 0. The van der Waals surface area contributed by atoms with Gasteiger partial charge in [0.05, 0.1) is 24.9 Å². The second kappa shape index (κ2) is 7.28. The van der Waals surface area contributed by atoms with Gasteiger partial charge >= 0.3 is 6.03 Å². The summed E-state index contributed by atoms with van der Waals surface area (Å²) in [6, 6.07) is 0.153. The number of ether oxygens (including phenoxy) is 1. The van der Waals surface area contributed by atoms with Gasteiger partial charge in [-0.25, -0.2) is 9.78 Å². The third-order valence-electron chi connectivity index (χ3n) is 4.20. The molecule has 2 saturated heterocycles. The van der Waals surface area contributed by atoms with Crippen LogP contribution in [0, 0.1) is 0 Å². The number of rotatable bonds is 4. The highest BCUT2D eigenvalue weighted by molar-refractivity contribution is 7.13. The van der Waals surface area contributed by atoms with Crippen LogP contribution in [0.5, 0.6) is 0 Å². The quantitative estimate of drug-likeness (QED) is 0.916. The molecular weight excluding hydrogens is 300 g/mol. The molecule has 1 unspecified atom stereocenters. The van der Waals surface area contributed by atoms with Crippen molar-refractivity contribution in [3.05, 3.63) is 11.1 Å². The molecule has 1 atom stereocenters. The van der Waals surface area contributed by atoms with Gasteiger partial charge in [-0.1, -0.05) is 0 Å². The van der Waals surface area contributed by atoms with E-state index in [0.29, 0.717) is 26.3 Å². The summed E-state index contributed by atoms with van der Waals surface area (Å²) in [5.41, 5.74) is 1.07. The summed E-state index contributed by atoms with van der Waals surface area (Å²) in [5, 5.41) is 6.23. The van der Waals surface area contributed by atoms with Gasteiger partial charge in [-0.2, -0.15) is 0 Å². The Morgan fingerprint density at radius 3 is 3.05 bits per heavy atom. The van der Waals surface area contributed by atoms with Crippen molar-refractivity contribution in [2.75, 3.05) is 44.3 Å². The van der Waals surface area contributed by atoms with Crippen molar-refractivity contribution in [2.45, 2.75) is 32.2 Å². The molecule has 0 saturated carbocycles. The van der Waals surface area contributed by atoms with Crippen molar-refractivity contribution < 1.29 is 9.53 Å². The molecule has 3 heterocycles. The zero-order valence-corrected chi connectivity index (χ0v) is 13.9. The number of carbonyl (C=O) groups is 1. The third kappa shape index (κ3) is 3.70. The maximum absolute atomic E-state index is 12.1. The smallest absolute Gasteiger partial charge is 0.317 e. The van der Waals surface area contributed by atoms with E-state index in [1.807, 2.05) is 11.8 Å². The minimum atomic E-state index is 0.00537. The topological polar surface area (TPSA) is 57.7 Å². The molecular formula is C15H24N4O2S. The van der Waals surface area contributed by atoms with Gasteiger partial charge in [0.2, 0.25) is 0 Å². The maximum Gasteiger partial charge on any atom is 0.317 e. The molecule has 1 N–H and O–H groups in total. The first-order valence-electron chi connectivity index (χ1n) is 8.05. The first kappa shape index (κ1) is 15.6. The molecule has 2 aliphatic rings. The molecule has 1 aromatic rings. The van der Waals surface area contributed by atoms with Crippen LogP contribution in [0.15, 0.2) is 5.38 Å². The molecule has 0 spiro atoms. The monoisotopic (exact) mass is 324 g/mol. The minimum absolute atomic E-state index is 0.00537. The Hall–Kier alpha value is -1.34. The van der Waals surface area contributed by atoms with Crippen LogP contribution < -0.4 is 10.2 Å². The van der Waals surface area contributed by atoms with Gasteiger partial charge in [0.1, 0.15) is 0 Å². The number of anilines is 1. The molecule has 1 aromatic heterocycles. The van der Waals surface area contributed by atoms with Crippen LogP contribution in [-0.4, -0.2) is 61.3 Å². The third-order valence-corrected chi connectivity index (χ3v) is 5.15. The summed E-state index contributed by atoms with van der Waals surface area (Å²) < 4.78 is 5.35. The number of thiazole rings is 1. The Morgan fingerprint density at radius 2 is 2.27 bits per heavy atom. The zero-order chi connectivity index (χ0) is 15.4. The van der Waals surface area contributed by atoms with Crippen LogP contribution in [0.1, 0.15) is 25.5 Å². The number of morpholine rings is 1. The molecule has 0 radical (unpaired) electrons. The normalized spacial score (nSPS) is 22.1. The molecule has 6 nitrogen and oxygen atoms in total. The summed E-state index contributed by atoms with van der Waals surface area (Å²) in [6.07, 6.45) is 3.32. The Balaban J connectivity index is 1.43. The van der Waals surface area contributed by atoms with E-state index in [1.54, 1.807) is 11.3 Å². The standard InChI is InChI=1S/C15H24N4O2S/c1-12-10-21-9-8-19(12)14(20)16-5-4-13-11-22-15(17-13)18-6-2-3-7-18/h11-12H,2-10H2,1H3,(H,16,20). The largest absolute Gasteiger partial charge is 0.377 e. The highest BCUT2D eigenvalue weighted by atomic mass is 32.1. The average molecular weight is 324 g/mol. The average Bonchev–Trinajstić information content (AvgIpc) is 3.18. The SMILES string of the molecule is CC1COCCN1C(=O)NCCc1csc(N2CCCC2)n1. The van der Waals surface area contributed by atoms with Crippen LogP contribution >= 0.6 is 11.3 Å². The van der Waals surface area contributed by atoms with Crippen LogP contribution in [0.2, 0.25) is 0 Å². The number of urea groups is 1. The molecule has 22 heavy (non-hydrogen) atoms. The lowest BCUT2D eigenvalue weighted by atomic mass is 10.3. The van der Waals surface area contributed by atoms with E-state index in [4.69, 9.17) is 4.74 Å². The highest BCUT2D eigenvalue weighted by Crippen LogP contribution is 2.24. The Kier molecular flexibility index (Phi) is 5.15. The van der Waals surface area contributed by atoms with Crippen LogP contribution in [0.25, 0.3) is 0 Å². The fourth-order valence-corrected chi connectivity index (χ4v) is 3.81. The van der Waals surface area contributed by atoms with Crippen molar-refractivity contribution in [2.24, 2.45) is 0 Å².